The van der Waals surface area contributed by atoms with E-state index in [1.165, 1.54) is 11.1 Å². The molecule has 1 aromatic carbocycles. The number of nitrogens with zero attached hydrogens (tertiary/aromatic N) is 2. The van der Waals surface area contributed by atoms with Crippen LogP contribution in [0.1, 0.15) is 29.7 Å². The van der Waals surface area contributed by atoms with E-state index in [-0.39, 0.29) is 0 Å². The van der Waals surface area contributed by atoms with Crippen LogP contribution >= 0.6 is 0 Å². The lowest BCUT2D eigenvalue weighted by molar-refractivity contribution is -0.0390. The van der Waals surface area contributed by atoms with Gasteiger partial charge in [0.2, 0.25) is 0 Å². The Morgan fingerprint density at radius 1 is 1.11 bits per heavy atom. The quantitative estimate of drug-likeness (QED) is 0.543. The largest absolute Gasteiger partial charge is 0.381 e. The summed E-state index contributed by atoms with van der Waals surface area (Å²) in [5.41, 5.74) is 3.49. The number of ether oxygens (including phenoxy) is 2. The first kappa shape index (κ1) is 20.3. The number of hydrogen-bond donors (Lipinski definition) is 2. The molecule has 0 radical (unpaired) electrons. The average molecular weight is 383 g/mol. The van der Waals surface area contributed by atoms with E-state index in [1.54, 1.807) is 7.05 Å². The highest BCUT2D eigenvalue weighted by atomic mass is 16.5. The van der Waals surface area contributed by atoms with Crippen molar-refractivity contribution < 1.29 is 9.47 Å². The van der Waals surface area contributed by atoms with Crippen LogP contribution in [0.5, 0.6) is 0 Å². The van der Waals surface area contributed by atoms with Gasteiger partial charge in [0, 0.05) is 51.7 Å². The van der Waals surface area contributed by atoms with E-state index in [0.717, 1.165) is 57.2 Å². The number of pyridine rings is 1. The molecular weight excluding hydrogens is 352 g/mol. The lowest BCUT2D eigenvalue weighted by atomic mass is 10.1. The highest BCUT2D eigenvalue weighted by Gasteiger charge is 2.13. The second kappa shape index (κ2) is 11.4. The van der Waals surface area contributed by atoms with Gasteiger partial charge in [-0.1, -0.05) is 30.3 Å². The van der Waals surface area contributed by atoms with Crippen LogP contribution < -0.4 is 10.6 Å². The van der Waals surface area contributed by atoms with E-state index in [2.05, 4.69) is 44.9 Å². The van der Waals surface area contributed by atoms with Gasteiger partial charge in [0.1, 0.15) is 0 Å². The van der Waals surface area contributed by atoms with Crippen LogP contribution in [0.3, 0.4) is 0 Å². The van der Waals surface area contributed by atoms with E-state index < -0.39 is 0 Å². The van der Waals surface area contributed by atoms with Crippen molar-refractivity contribution in [3.05, 3.63) is 65.5 Å². The molecule has 2 aromatic rings. The molecule has 2 heterocycles. The molecule has 6 heteroatoms. The Morgan fingerprint density at radius 3 is 2.61 bits per heavy atom. The molecule has 2 N–H and O–H groups in total. The molecule has 0 bridgehead atoms. The van der Waals surface area contributed by atoms with Crippen molar-refractivity contribution in [2.24, 2.45) is 4.99 Å². The summed E-state index contributed by atoms with van der Waals surface area (Å²) in [5, 5.41) is 6.67. The number of benzene rings is 1. The first-order chi connectivity index (χ1) is 13.8. The summed E-state index contributed by atoms with van der Waals surface area (Å²) in [6.45, 7) is 3.80. The van der Waals surface area contributed by atoms with Crippen molar-refractivity contribution in [1.82, 2.24) is 15.6 Å². The van der Waals surface area contributed by atoms with E-state index in [1.807, 2.05) is 24.4 Å². The molecule has 1 fully saturated rings. The maximum atomic E-state index is 5.98. The fourth-order valence-corrected chi connectivity index (χ4v) is 3.07. The van der Waals surface area contributed by atoms with E-state index in [4.69, 9.17) is 9.47 Å². The van der Waals surface area contributed by atoms with Gasteiger partial charge < -0.3 is 20.1 Å². The van der Waals surface area contributed by atoms with Gasteiger partial charge in [-0.25, -0.2) is 0 Å². The van der Waals surface area contributed by atoms with Crippen molar-refractivity contribution in [1.29, 1.82) is 0 Å². The molecule has 150 valence electrons. The molecule has 1 aromatic heterocycles. The second-order valence-corrected chi connectivity index (χ2v) is 6.86. The van der Waals surface area contributed by atoms with Gasteiger partial charge in [0.25, 0.3) is 0 Å². The number of guanidine groups is 1. The third-order valence-electron chi connectivity index (χ3n) is 4.76. The predicted octanol–water partition coefficient (Wildman–Crippen LogP) is 2.68. The summed E-state index contributed by atoms with van der Waals surface area (Å²) in [5.74, 6) is 0.794. The molecule has 1 aliphatic rings. The fourth-order valence-electron chi connectivity index (χ4n) is 3.07. The third kappa shape index (κ3) is 6.94. The monoisotopic (exact) mass is 382 g/mol. The summed E-state index contributed by atoms with van der Waals surface area (Å²) in [6, 6.07) is 14.5. The van der Waals surface area contributed by atoms with Crippen LogP contribution in [0, 0.1) is 0 Å². The first-order valence-corrected chi connectivity index (χ1v) is 9.95. The van der Waals surface area contributed by atoms with Crippen molar-refractivity contribution in [2.45, 2.75) is 38.5 Å². The highest BCUT2D eigenvalue weighted by molar-refractivity contribution is 5.79. The summed E-state index contributed by atoms with van der Waals surface area (Å²) in [4.78, 5) is 8.61. The number of nitrogens with one attached hydrogen (secondary N) is 2. The third-order valence-corrected chi connectivity index (χ3v) is 4.76. The van der Waals surface area contributed by atoms with Gasteiger partial charge >= 0.3 is 0 Å². The molecule has 28 heavy (non-hydrogen) atoms. The van der Waals surface area contributed by atoms with Crippen molar-refractivity contribution >= 4 is 5.96 Å². The zero-order valence-corrected chi connectivity index (χ0v) is 16.6. The van der Waals surface area contributed by atoms with Crippen LogP contribution in [-0.2, 0) is 29.0 Å². The molecular formula is C22H30N4O2. The Bertz CT molecular complexity index is 713. The van der Waals surface area contributed by atoms with E-state index in [9.17, 15) is 0 Å². The van der Waals surface area contributed by atoms with Crippen LogP contribution in [0.15, 0.2) is 53.7 Å². The molecule has 0 unspecified atom stereocenters. The highest BCUT2D eigenvalue weighted by Crippen LogP contribution is 2.14. The Kier molecular flexibility index (Phi) is 8.27. The first-order valence-electron chi connectivity index (χ1n) is 9.95. The van der Waals surface area contributed by atoms with Gasteiger partial charge in [0.05, 0.1) is 12.7 Å². The Balaban J connectivity index is 1.36. The standard InChI is InChI=1S/C22H30N4O2/c1-23-22(25-13-9-20-4-2-3-12-24-20)26-16-18-5-7-19(8-6-18)17-28-21-10-14-27-15-11-21/h2-8,12,21H,9-11,13-17H2,1H3,(H2,23,25,26). The molecule has 0 spiro atoms. The molecule has 6 nitrogen and oxygen atoms in total. The minimum atomic E-state index is 0.329. The SMILES string of the molecule is CN=C(NCCc1ccccn1)NCc1ccc(COC2CCOCC2)cc1. The number of rotatable bonds is 8. The molecule has 0 atom stereocenters. The van der Waals surface area contributed by atoms with Crippen molar-refractivity contribution in [2.75, 3.05) is 26.8 Å². The summed E-state index contributed by atoms with van der Waals surface area (Å²) in [6.07, 6.45) is 5.00. The van der Waals surface area contributed by atoms with Gasteiger partial charge in [-0.15, -0.1) is 0 Å². The average Bonchev–Trinajstić information content (AvgIpc) is 2.77. The van der Waals surface area contributed by atoms with E-state index >= 15 is 0 Å². The molecule has 0 saturated carbocycles. The van der Waals surface area contributed by atoms with Crippen LogP contribution in [0.25, 0.3) is 0 Å². The normalized spacial score (nSPS) is 15.4. The summed E-state index contributed by atoms with van der Waals surface area (Å²) in [7, 11) is 1.78. The number of aliphatic imine (C=N–C) groups is 1. The van der Waals surface area contributed by atoms with Crippen molar-refractivity contribution in [3.8, 4) is 0 Å². The van der Waals surface area contributed by atoms with Crippen LogP contribution in [-0.4, -0.2) is 43.9 Å². The Hall–Kier alpha value is -2.44. The molecule has 3 rings (SSSR count). The van der Waals surface area contributed by atoms with Crippen molar-refractivity contribution in [3.63, 3.8) is 0 Å². The summed E-state index contributed by atoms with van der Waals surface area (Å²) >= 11 is 0. The molecule has 0 amide bonds. The van der Waals surface area contributed by atoms with Crippen LogP contribution in [0.4, 0.5) is 0 Å². The zero-order valence-electron chi connectivity index (χ0n) is 16.6. The minimum absolute atomic E-state index is 0.329. The topological polar surface area (TPSA) is 67.8 Å². The predicted molar refractivity (Wildman–Crippen MR) is 111 cm³/mol. The smallest absolute Gasteiger partial charge is 0.191 e. The van der Waals surface area contributed by atoms with Gasteiger partial charge in [0.15, 0.2) is 5.96 Å². The van der Waals surface area contributed by atoms with Gasteiger partial charge in [-0.2, -0.15) is 0 Å². The lowest BCUT2D eigenvalue weighted by Crippen LogP contribution is -2.37. The number of hydrogen-bond acceptors (Lipinski definition) is 4. The zero-order chi connectivity index (χ0) is 19.4. The fraction of sp³-hybridized carbons (Fsp3) is 0.455. The minimum Gasteiger partial charge on any atom is -0.381 e. The van der Waals surface area contributed by atoms with Crippen LogP contribution in [0.2, 0.25) is 0 Å². The molecule has 1 aliphatic heterocycles. The lowest BCUT2D eigenvalue weighted by Gasteiger charge is -2.22. The molecule has 0 aliphatic carbocycles. The maximum absolute atomic E-state index is 5.98. The Labute approximate surface area is 167 Å². The second-order valence-electron chi connectivity index (χ2n) is 6.86. The summed E-state index contributed by atoms with van der Waals surface area (Å²) < 4.78 is 11.3. The van der Waals surface area contributed by atoms with Gasteiger partial charge in [-0.05, 0) is 36.1 Å². The van der Waals surface area contributed by atoms with Gasteiger partial charge in [-0.3, -0.25) is 9.98 Å². The van der Waals surface area contributed by atoms with E-state index in [0.29, 0.717) is 12.7 Å². The number of aromatic nitrogens is 1. The molecule has 1 saturated heterocycles. The Morgan fingerprint density at radius 2 is 1.89 bits per heavy atom. The maximum Gasteiger partial charge on any atom is 0.191 e.